The fraction of sp³-hybridized carbons (Fsp3) is 0.750. The van der Waals surface area contributed by atoms with Crippen LogP contribution in [0.1, 0.15) is 27.2 Å². The van der Waals surface area contributed by atoms with Crippen LogP contribution in [-0.4, -0.2) is 17.3 Å². The number of hydrogen-bond donors (Lipinski definition) is 0. The Morgan fingerprint density at radius 3 is 2.17 bits per heavy atom. The first-order chi connectivity index (χ1) is 5.43. The van der Waals surface area contributed by atoms with Crippen LogP contribution in [0.4, 0.5) is 0 Å². The molecular weight excluding hydrogens is 180 g/mol. The molecule has 0 amide bonds. The minimum Gasteiger partial charge on any atom is -0.456 e. The SMILES string of the molecule is CC(C)CC(C)OC(=O)C(=O)Cl. The third kappa shape index (κ3) is 5.13. The highest BCUT2D eigenvalue weighted by Gasteiger charge is 2.16. The summed E-state index contributed by atoms with van der Waals surface area (Å²) in [6, 6.07) is 0. The van der Waals surface area contributed by atoms with E-state index in [2.05, 4.69) is 0 Å². The Morgan fingerprint density at radius 1 is 1.33 bits per heavy atom. The molecule has 0 saturated carbocycles. The monoisotopic (exact) mass is 192 g/mol. The summed E-state index contributed by atoms with van der Waals surface area (Å²) in [6.45, 7) is 5.75. The second kappa shape index (κ2) is 5.14. The van der Waals surface area contributed by atoms with E-state index in [4.69, 9.17) is 16.3 Å². The molecule has 0 aromatic carbocycles. The Balaban J connectivity index is 3.76. The van der Waals surface area contributed by atoms with Crippen molar-refractivity contribution in [1.82, 2.24) is 0 Å². The fourth-order valence-corrected chi connectivity index (χ4v) is 0.986. The van der Waals surface area contributed by atoms with E-state index in [0.29, 0.717) is 5.92 Å². The van der Waals surface area contributed by atoms with Crippen LogP contribution in [0.5, 0.6) is 0 Å². The van der Waals surface area contributed by atoms with Crippen LogP contribution >= 0.6 is 11.6 Å². The molecule has 0 bridgehead atoms. The van der Waals surface area contributed by atoms with E-state index in [1.807, 2.05) is 13.8 Å². The summed E-state index contributed by atoms with van der Waals surface area (Å²) in [6.07, 6.45) is 0.482. The van der Waals surface area contributed by atoms with Crippen molar-refractivity contribution in [3.05, 3.63) is 0 Å². The molecule has 0 aliphatic carbocycles. The van der Waals surface area contributed by atoms with Crippen LogP contribution in [-0.2, 0) is 14.3 Å². The molecule has 0 heterocycles. The number of carbonyl (C=O) groups excluding carboxylic acids is 2. The first-order valence-electron chi connectivity index (χ1n) is 3.84. The van der Waals surface area contributed by atoms with Crippen LogP contribution in [0.25, 0.3) is 0 Å². The molecule has 1 atom stereocenters. The normalized spacial score (nSPS) is 12.8. The summed E-state index contributed by atoms with van der Waals surface area (Å²) < 4.78 is 4.70. The van der Waals surface area contributed by atoms with Gasteiger partial charge in [0.05, 0.1) is 6.10 Å². The van der Waals surface area contributed by atoms with Gasteiger partial charge < -0.3 is 4.74 Å². The second-order valence-corrected chi connectivity index (χ2v) is 3.46. The lowest BCUT2D eigenvalue weighted by Gasteiger charge is -2.13. The first kappa shape index (κ1) is 11.4. The zero-order valence-electron chi connectivity index (χ0n) is 7.46. The largest absolute Gasteiger partial charge is 0.456 e. The predicted octanol–water partition coefficient (Wildman–Crippen LogP) is 1.73. The van der Waals surface area contributed by atoms with E-state index < -0.39 is 11.2 Å². The standard InChI is InChI=1S/C8H13ClO3/c1-5(2)4-6(3)12-8(11)7(9)10/h5-6H,4H2,1-3H3. The number of hydrogen-bond acceptors (Lipinski definition) is 3. The van der Waals surface area contributed by atoms with Gasteiger partial charge in [0.25, 0.3) is 0 Å². The molecule has 0 aliphatic heterocycles. The fourth-order valence-electron chi connectivity index (χ4n) is 0.941. The number of esters is 1. The Hall–Kier alpha value is -0.570. The Labute approximate surface area is 77.0 Å². The summed E-state index contributed by atoms with van der Waals surface area (Å²) in [5, 5.41) is -1.06. The van der Waals surface area contributed by atoms with Crippen molar-refractivity contribution in [3.63, 3.8) is 0 Å². The molecule has 0 radical (unpaired) electrons. The summed E-state index contributed by atoms with van der Waals surface area (Å²) >= 11 is 4.90. The van der Waals surface area contributed by atoms with Crippen LogP contribution in [0.2, 0.25) is 0 Å². The van der Waals surface area contributed by atoms with E-state index in [1.54, 1.807) is 6.92 Å². The van der Waals surface area contributed by atoms with E-state index in [0.717, 1.165) is 6.42 Å². The molecule has 0 saturated heterocycles. The van der Waals surface area contributed by atoms with Crippen molar-refractivity contribution in [2.45, 2.75) is 33.3 Å². The summed E-state index contributed by atoms with van der Waals surface area (Å²) in [5.74, 6) is -0.539. The average molecular weight is 193 g/mol. The quantitative estimate of drug-likeness (QED) is 0.387. The Bertz CT molecular complexity index is 177. The smallest absolute Gasteiger partial charge is 0.391 e. The van der Waals surface area contributed by atoms with Gasteiger partial charge in [0.15, 0.2) is 0 Å². The highest BCUT2D eigenvalue weighted by atomic mass is 35.5. The van der Waals surface area contributed by atoms with Gasteiger partial charge in [-0.15, -0.1) is 0 Å². The van der Waals surface area contributed by atoms with Gasteiger partial charge in [0, 0.05) is 0 Å². The van der Waals surface area contributed by atoms with Crippen molar-refractivity contribution in [1.29, 1.82) is 0 Å². The van der Waals surface area contributed by atoms with Crippen molar-refractivity contribution < 1.29 is 14.3 Å². The van der Waals surface area contributed by atoms with E-state index in [-0.39, 0.29) is 6.10 Å². The lowest BCUT2D eigenvalue weighted by molar-refractivity contribution is -0.154. The maximum atomic E-state index is 10.6. The summed E-state index contributed by atoms with van der Waals surface area (Å²) in [4.78, 5) is 20.9. The molecule has 12 heavy (non-hydrogen) atoms. The minimum absolute atomic E-state index is 0.250. The van der Waals surface area contributed by atoms with Gasteiger partial charge in [-0.2, -0.15) is 0 Å². The number of ether oxygens (including phenoxy) is 1. The van der Waals surface area contributed by atoms with Gasteiger partial charge in [0.2, 0.25) is 0 Å². The van der Waals surface area contributed by atoms with E-state index in [1.165, 1.54) is 0 Å². The van der Waals surface area contributed by atoms with Gasteiger partial charge in [0.1, 0.15) is 0 Å². The van der Waals surface area contributed by atoms with Crippen LogP contribution in [0.3, 0.4) is 0 Å². The Kier molecular flexibility index (Phi) is 4.90. The van der Waals surface area contributed by atoms with Crippen LogP contribution in [0.15, 0.2) is 0 Å². The molecule has 0 N–H and O–H groups in total. The van der Waals surface area contributed by atoms with Crippen molar-refractivity contribution >= 4 is 22.8 Å². The maximum absolute atomic E-state index is 10.6. The van der Waals surface area contributed by atoms with Crippen molar-refractivity contribution in [3.8, 4) is 0 Å². The van der Waals surface area contributed by atoms with E-state index in [9.17, 15) is 9.59 Å². The van der Waals surface area contributed by atoms with Gasteiger partial charge in [-0.05, 0) is 30.9 Å². The molecular formula is C8H13ClO3. The number of rotatable bonds is 4. The molecule has 0 spiro atoms. The van der Waals surface area contributed by atoms with Gasteiger partial charge in [-0.25, -0.2) is 4.79 Å². The molecule has 0 aromatic heterocycles. The van der Waals surface area contributed by atoms with Gasteiger partial charge in [-0.3, -0.25) is 4.79 Å². The number of halogens is 1. The van der Waals surface area contributed by atoms with Gasteiger partial charge in [-0.1, -0.05) is 13.8 Å². The molecule has 0 fully saturated rings. The number of carbonyl (C=O) groups is 2. The average Bonchev–Trinajstić information content (AvgIpc) is 1.84. The van der Waals surface area contributed by atoms with Crippen LogP contribution in [0, 0.1) is 5.92 Å². The molecule has 3 nitrogen and oxygen atoms in total. The topological polar surface area (TPSA) is 43.4 Å². The molecule has 70 valence electrons. The highest BCUT2D eigenvalue weighted by Crippen LogP contribution is 2.07. The summed E-state index contributed by atoms with van der Waals surface area (Å²) in [5.41, 5.74) is 0. The van der Waals surface area contributed by atoms with Crippen LogP contribution < -0.4 is 0 Å². The zero-order valence-corrected chi connectivity index (χ0v) is 8.22. The molecule has 1 unspecified atom stereocenters. The third-order valence-electron chi connectivity index (χ3n) is 1.27. The first-order valence-corrected chi connectivity index (χ1v) is 4.21. The molecule has 4 heteroatoms. The molecule has 0 aliphatic rings. The lowest BCUT2D eigenvalue weighted by atomic mass is 10.1. The zero-order chi connectivity index (χ0) is 9.72. The van der Waals surface area contributed by atoms with Gasteiger partial charge >= 0.3 is 11.2 Å². The highest BCUT2D eigenvalue weighted by molar-refractivity contribution is 6.80. The van der Waals surface area contributed by atoms with E-state index >= 15 is 0 Å². The Morgan fingerprint density at radius 2 is 1.83 bits per heavy atom. The molecule has 0 rings (SSSR count). The lowest BCUT2D eigenvalue weighted by Crippen LogP contribution is -2.20. The van der Waals surface area contributed by atoms with Crippen molar-refractivity contribution in [2.24, 2.45) is 5.92 Å². The maximum Gasteiger partial charge on any atom is 0.391 e. The second-order valence-electron chi connectivity index (χ2n) is 3.12. The molecule has 0 aromatic rings. The predicted molar refractivity (Wildman–Crippen MR) is 45.9 cm³/mol. The van der Waals surface area contributed by atoms with Crippen molar-refractivity contribution in [2.75, 3.05) is 0 Å². The third-order valence-corrected chi connectivity index (χ3v) is 1.43. The minimum atomic E-state index is -1.06. The summed E-state index contributed by atoms with van der Waals surface area (Å²) in [7, 11) is 0.